The Kier molecular flexibility index (Phi) is 4.75. The zero-order valence-corrected chi connectivity index (χ0v) is 10.2. The van der Waals surface area contributed by atoms with Crippen LogP contribution in [0.2, 0.25) is 0 Å². The highest BCUT2D eigenvalue weighted by molar-refractivity contribution is 5.60. The zero-order valence-electron chi connectivity index (χ0n) is 10.2. The molecular weight excluding hydrogens is 220 g/mol. The minimum absolute atomic E-state index is 0.0843. The van der Waals surface area contributed by atoms with Crippen LogP contribution >= 0.6 is 0 Å². The first-order valence-corrected chi connectivity index (χ1v) is 5.71. The van der Waals surface area contributed by atoms with E-state index < -0.39 is 4.92 Å². The van der Waals surface area contributed by atoms with E-state index in [-0.39, 0.29) is 11.4 Å². The highest BCUT2D eigenvalue weighted by Crippen LogP contribution is 2.26. The Morgan fingerprint density at radius 2 is 2.24 bits per heavy atom. The van der Waals surface area contributed by atoms with Crippen molar-refractivity contribution in [1.29, 1.82) is 0 Å². The van der Waals surface area contributed by atoms with Crippen molar-refractivity contribution < 1.29 is 9.66 Å². The van der Waals surface area contributed by atoms with Gasteiger partial charge in [-0.2, -0.15) is 0 Å². The Hall–Kier alpha value is -1.78. The summed E-state index contributed by atoms with van der Waals surface area (Å²) in [6, 6.07) is 4.44. The topological polar surface area (TPSA) is 78.4 Å². The lowest BCUT2D eigenvalue weighted by atomic mass is 10.1. The Labute approximate surface area is 101 Å². The van der Waals surface area contributed by atoms with Gasteiger partial charge in [0.15, 0.2) is 0 Å². The molecule has 0 aliphatic carbocycles. The summed E-state index contributed by atoms with van der Waals surface area (Å²) >= 11 is 0. The second-order valence-corrected chi connectivity index (χ2v) is 4.18. The van der Waals surface area contributed by atoms with Crippen molar-refractivity contribution >= 4 is 11.4 Å². The summed E-state index contributed by atoms with van der Waals surface area (Å²) in [5.74, 6) is 1.05. The predicted octanol–water partition coefficient (Wildman–Crippen LogP) is 2.99. The smallest absolute Gasteiger partial charge is 0.292 e. The van der Waals surface area contributed by atoms with Gasteiger partial charge in [-0.25, -0.2) is 0 Å². The van der Waals surface area contributed by atoms with E-state index in [9.17, 15) is 10.1 Å². The molecule has 17 heavy (non-hydrogen) atoms. The van der Waals surface area contributed by atoms with E-state index in [2.05, 4.69) is 13.8 Å². The Morgan fingerprint density at radius 3 is 2.76 bits per heavy atom. The summed E-state index contributed by atoms with van der Waals surface area (Å²) < 4.78 is 5.53. The van der Waals surface area contributed by atoms with Crippen LogP contribution in [0.4, 0.5) is 11.4 Å². The fourth-order valence-electron chi connectivity index (χ4n) is 1.60. The number of hydrogen-bond acceptors (Lipinski definition) is 4. The maximum Gasteiger partial charge on any atom is 0.292 e. The molecule has 1 aromatic rings. The molecule has 0 aromatic heterocycles. The monoisotopic (exact) mass is 238 g/mol. The molecule has 1 aromatic carbocycles. The van der Waals surface area contributed by atoms with Crippen molar-refractivity contribution in [3.63, 3.8) is 0 Å². The van der Waals surface area contributed by atoms with Crippen LogP contribution in [0.1, 0.15) is 26.7 Å². The summed E-state index contributed by atoms with van der Waals surface area (Å²) in [4.78, 5) is 10.1. The first-order chi connectivity index (χ1) is 8.04. The van der Waals surface area contributed by atoms with Gasteiger partial charge in [0.2, 0.25) is 0 Å². The molecule has 0 radical (unpaired) electrons. The Bertz CT molecular complexity index is 393. The highest BCUT2D eigenvalue weighted by atomic mass is 16.6. The lowest BCUT2D eigenvalue weighted by Crippen LogP contribution is -2.08. The van der Waals surface area contributed by atoms with Gasteiger partial charge in [-0.3, -0.25) is 10.1 Å². The number of nitro benzene ring substituents is 1. The van der Waals surface area contributed by atoms with Crippen molar-refractivity contribution in [2.24, 2.45) is 5.92 Å². The zero-order chi connectivity index (χ0) is 12.8. The molecule has 0 aliphatic rings. The van der Waals surface area contributed by atoms with Gasteiger partial charge in [0.05, 0.1) is 11.5 Å². The molecule has 2 N–H and O–H groups in total. The van der Waals surface area contributed by atoms with Gasteiger partial charge in [-0.15, -0.1) is 0 Å². The van der Waals surface area contributed by atoms with E-state index in [1.54, 1.807) is 6.07 Å². The lowest BCUT2D eigenvalue weighted by molar-refractivity contribution is -0.383. The first-order valence-electron chi connectivity index (χ1n) is 5.71. The normalized spacial score (nSPS) is 12.1. The van der Waals surface area contributed by atoms with Gasteiger partial charge >= 0.3 is 0 Å². The quantitative estimate of drug-likeness (QED) is 0.469. The summed E-state index contributed by atoms with van der Waals surface area (Å²) in [5, 5.41) is 10.6. The summed E-state index contributed by atoms with van der Waals surface area (Å²) in [6.07, 6.45) is 2.22. The SMILES string of the molecule is CCCC(C)COc1ccc([N+](=O)[O-])c(N)c1. The molecule has 5 nitrogen and oxygen atoms in total. The van der Waals surface area contributed by atoms with Gasteiger partial charge < -0.3 is 10.5 Å². The van der Waals surface area contributed by atoms with Gasteiger partial charge in [-0.1, -0.05) is 20.3 Å². The van der Waals surface area contributed by atoms with Crippen LogP contribution in [0.25, 0.3) is 0 Å². The lowest BCUT2D eigenvalue weighted by Gasteiger charge is -2.12. The predicted molar refractivity (Wildman–Crippen MR) is 67.1 cm³/mol. The van der Waals surface area contributed by atoms with E-state index in [0.717, 1.165) is 12.8 Å². The second-order valence-electron chi connectivity index (χ2n) is 4.18. The third kappa shape index (κ3) is 3.94. The molecule has 0 fully saturated rings. The van der Waals surface area contributed by atoms with Gasteiger partial charge in [0.25, 0.3) is 5.69 Å². The van der Waals surface area contributed by atoms with Crippen LogP contribution in [0.15, 0.2) is 18.2 Å². The van der Waals surface area contributed by atoms with Crippen LogP contribution < -0.4 is 10.5 Å². The Morgan fingerprint density at radius 1 is 1.53 bits per heavy atom. The van der Waals surface area contributed by atoms with Crippen LogP contribution in [0, 0.1) is 16.0 Å². The number of nitrogen functional groups attached to an aromatic ring is 1. The number of benzene rings is 1. The largest absolute Gasteiger partial charge is 0.493 e. The van der Waals surface area contributed by atoms with Crippen LogP contribution in [-0.4, -0.2) is 11.5 Å². The van der Waals surface area contributed by atoms with E-state index >= 15 is 0 Å². The molecule has 1 atom stereocenters. The number of nitrogens with two attached hydrogens (primary N) is 1. The molecule has 5 heteroatoms. The van der Waals surface area contributed by atoms with Gasteiger partial charge in [0.1, 0.15) is 11.4 Å². The van der Waals surface area contributed by atoms with Crippen molar-refractivity contribution in [2.75, 3.05) is 12.3 Å². The van der Waals surface area contributed by atoms with Gasteiger partial charge in [0, 0.05) is 12.1 Å². The summed E-state index contributed by atoms with van der Waals surface area (Å²) in [6.45, 7) is 4.84. The van der Waals surface area contributed by atoms with E-state index in [0.29, 0.717) is 18.3 Å². The number of hydrogen-bond donors (Lipinski definition) is 1. The second kappa shape index (κ2) is 6.08. The molecule has 0 saturated heterocycles. The Balaban J connectivity index is 2.62. The van der Waals surface area contributed by atoms with Crippen molar-refractivity contribution in [1.82, 2.24) is 0 Å². The fourth-order valence-corrected chi connectivity index (χ4v) is 1.60. The molecule has 0 spiro atoms. The maximum atomic E-state index is 10.6. The van der Waals surface area contributed by atoms with Crippen molar-refractivity contribution in [3.05, 3.63) is 28.3 Å². The molecular formula is C12H18N2O3. The number of rotatable bonds is 6. The molecule has 1 unspecified atom stereocenters. The summed E-state index contributed by atoms with van der Waals surface area (Å²) in [5.41, 5.74) is 5.62. The first kappa shape index (κ1) is 13.3. The molecule has 94 valence electrons. The standard InChI is InChI=1S/C12H18N2O3/c1-3-4-9(2)8-17-10-5-6-12(14(15)16)11(13)7-10/h5-7,9H,3-4,8,13H2,1-2H3. The fraction of sp³-hybridized carbons (Fsp3) is 0.500. The average molecular weight is 238 g/mol. The highest BCUT2D eigenvalue weighted by Gasteiger charge is 2.12. The van der Waals surface area contributed by atoms with E-state index in [1.165, 1.54) is 12.1 Å². The molecule has 0 saturated carbocycles. The van der Waals surface area contributed by atoms with E-state index in [1.807, 2.05) is 0 Å². The van der Waals surface area contributed by atoms with Crippen LogP contribution in [0.5, 0.6) is 5.75 Å². The third-order valence-electron chi connectivity index (χ3n) is 2.51. The maximum absolute atomic E-state index is 10.6. The number of ether oxygens (including phenoxy) is 1. The van der Waals surface area contributed by atoms with E-state index in [4.69, 9.17) is 10.5 Å². The molecule has 0 heterocycles. The van der Waals surface area contributed by atoms with Crippen molar-refractivity contribution in [2.45, 2.75) is 26.7 Å². The molecule has 0 aliphatic heterocycles. The van der Waals surface area contributed by atoms with Crippen LogP contribution in [-0.2, 0) is 0 Å². The van der Waals surface area contributed by atoms with Gasteiger partial charge in [-0.05, 0) is 18.4 Å². The number of nitro groups is 1. The molecule has 0 amide bonds. The average Bonchev–Trinajstić information content (AvgIpc) is 2.26. The number of anilines is 1. The molecule has 0 bridgehead atoms. The minimum atomic E-state index is -0.501. The summed E-state index contributed by atoms with van der Waals surface area (Å²) in [7, 11) is 0. The number of nitrogens with zero attached hydrogens (tertiary/aromatic N) is 1. The van der Waals surface area contributed by atoms with Crippen molar-refractivity contribution in [3.8, 4) is 5.75 Å². The van der Waals surface area contributed by atoms with Crippen LogP contribution in [0.3, 0.4) is 0 Å². The minimum Gasteiger partial charge on any atom is -0.493 e. The molecule has 1 rings (SSSR count). The third-order valence-corrected chi connectivity index (χ3v) is 2.51.